The molecule has 0 bridgehead atoms. The van der Waals surface area contributed by atoms with E-state index < -0.39 is 0 Å². The zero-order valence-corrected chi connectivity index (χ0v) is 17.3. The Morgan fingerprint density at radius 3 is 2.78 bits per heavy atom. The van der Waals surface area contributed by atoms with Crippen molar-refractivity contribution in [1.29, 1.82) is 0 Å². The van der Waals surface area contributed by atoms with E-state index in [2.05, 4.69) is 40.0 Å². The van der Waals surface area contributed by atoms with Gasteiger partial charge in [0, 0.05) is 31.5 Å². The lowest BCUT2D eigenvalue weighted by molar-refractivity contribution is -0.122. The molecule has 0 saturated heterocycles. The van der Waals surface area contributed by atoms with Crippen LogP contribution in [0.3, 0.4) is 0 Å². The molecule has 1 aliphatic heterocycles. The quantitative estimate of drug-likeness (QED) is 0.631. The van der Waals surface area contributed by atoms with E-state index in [0.717, 1.165) is 31.6 Å². The van der Waals surface area contributed by atoms with Gasteiger partial charge in [0.25, 0.3) is 0 Å². The highest BCUT2D eigenvalue weighted by molar-refractivity contribution is 6.42. The fourth-order valence-corrected chi connectivity index (χ4v) is 3.99. The van der Waals surface area contributed by atoms with E-state index >= 15 is 0 Å². The minimum atomic E-state index is -0.00522. The van der Waals surface area contributed by atoms with Gasteiger partial charge in [0.15, 0.2) is 0 Å². The summed E-state index contributed by atoms with van der Waals surface area (Å²) in [5, 5.41) is 4.15. The Bertz CT molecular complexity index is 775. The van der Waals surface area contributed by atoms with Crippen LogP contribution in [-0.4, -0.2) is 35.0 Å². The molecular weight excluding hydrogens is 381 g/mol. The summed E-state index contributed by atoms with van der Waals surface area (Å²) in [5.41, 5.74) is 2.23. The summed E-state index contributed by atoms with van der Waals surface area (Å²) < 4.78 is 2.24. The number of hydrogen-bond acceptors (Lipinski definition) is 2. The molecule has 1 unspecified atom stereocenters. The molecule has 4 nitrogen and oxygen atoms in total. The van der Waals surface area contributed by atoms with Gasteiger partial charge in [-0.25, -0.2) is 0 Å². The van der Waals surface area contributed by atoms with Gasteiger partial charge in [-0.15, -0.1) is 0 Å². The number of fused-ring (bicyclic) bond motifs is 1. The third kappa shape index (κ3) is 5.07. The largest absolute Gasteiger partial charge is 0.355 e. The van der Waals surface area contributed by atoms with Crippen molar-refractivity contribution in [3.05, 3.63) is 57.8 Å². The topological polar surface area (TPSA) is 37.3 Å². The molecule has 0 aliphatic carbocycles. The molecule has 0 radical (unpaired) electrons. The second kappa shape index (κ2) is 9.63. The van der Waals surface area contributed by atoms with Gasteiger partial charge in [0.2, 0.25) is 5.91 Å². The second-order valence-electron chi connectivity index (χ2n) is 7.08. The molecule has 3 rings (SSSR count). The lowest BCUT2D eigenvalue weighted by atomic mass is 10.00. The Morgan fingerprint density at radius 1 is 1.15 bits per heavy atom. The molecule has 2 aromatic rings. The van der Waals surface area contributed by atoms with E-state index in [-0.39, 0.29) is 11.9 Å². The van der Waals surface area contributed by atoms with Crippen LogP contribution in [0.1, 0.15) is 49.9 Å². The van der Waals surface area contributed by atoms with Gasteiger partial charge in [-0.2, -0.15) is 0 Å². The third-order valence-electron chi connectivity index (χ3n) is 5.10. The Labute approximate surface area is 171 Å². The average molecular weight is 408 g/mol. The molecule has 0 fully saturated rings. The van der Waals surface area contributed by atoms with Crippen LogP contribution in [0.2, 0.25) is 10.0 Å². The zero-order valence-electron chi connectivity index (χ0n) is 15.8. The maximum Gasteiger partial charge on any atom is 0.234 e. The zero-order chi connectivity index (χ0) is 19.2. The first kappa shape index (κ1) is 20.2. The first-order valence-electron chi connectivity index (χ1n) is 9.71. The van der Waals surface area contributed by atoms with Crippen molar-refractivity contribution in [1.82, 2.24) is 14.8 Å². The maximum absolute atomic E-state index is 12.5. The van der Waals surface area contributed by atoms with Crippen LogP contribution >= 0.6 is 23.2 Å². The molecule has 146 valence electrons. The second-order valence-corrected chi connectivity index (χ2v) is 7.90. The van der Waals surface area contributed by atoms with Crippen molar-refractivity contribution in [2.45, 2.75) is 45.2 Å². The lowest BCUT2D eigenvalue weighted by Crippen LogP contribution is -2.44. The van der Waals surface area contributed by atoms with Crippen LogP contribution in [0.25, 0.3) is 0 Å². The van der Waals surface area contributed by atoms with Crippen molar-refractivity contribution < 1.29 is 4.79 Å². The maximum atomic E-state index is 12.5. The molecule has 1 aromatic carbocycles. The van der Waals surface area contributed by atoms with Crippen molar-refractivity contribution in [3.63, 3.8) is 0 Å². The van der Waals surface area contributed by atoms with Crippen molar-refractivity contribution >= 4 is 29.1 Å². The molecule has 0 spiro atoms. The van der Waals surface area contributed by atoms with Crippen LogP contribution in [0.5, 0.6) is 0 Å². The van der Waals surface area contributed by atoms with Gasteiger partial charge in [0.1, 0.15) is 0 Å². The van der Waals surface area contributed by atoms with Gasteiger partial charge in [-0.1, -0.05) is 55.5 Å². The standard InChI is InChI=1S/C21H27Cl2N3O/c1-2-3-4-5-10-24-20(27)15-26-13-12-25-11-6-7-19(25)21(26)16-8-9-17(22)18(23)14-16/h6-9,11,14,21H,2-5,10,12-13,15H2,1H3,(H,24,27). The number of carbonyl (C=O) groups is 1. The van der Waals surface area contributed by atoms with Crippen LogP contribution in [0.4, 0.5) is 0 Å². The van der Waals surface area contributed by atoms with E-state index in [1.54, 1.807) is 0 Å². The molecule has 27 heavy (non-hydrogen) atoms. The first-order valence-corrected chi connectivity index (χ1v) is 10.5. The summed E-state index contributed by atoms with van der Waals surface area (Å²) >= 11 is 12.4. The number of benzene rings is 1. The fourth-order valence-electron chi connectivity index (χ4n) is 3.69. The first-order chi connectivity index (χ1) is 13.1. The summed E-state index contributed by atoms with van der Waals surface area (Å²) in [5.74, 6) is 0.0802. The molecule has 1 aliphatic rings. The number of rotatable bonds is 8. The van der Waals surface area contributed by atoms with Crippen LogP contribution in [0, 0.1) is 0 Å². The summed E-state index contributed by atoms with van der Waals surface area (Å²) in [7, 11) is 0. The summed E-state index contributed by atoms with van der Waals surface area (Å²) in [6.07, 6.45) is 6.72. The Balaban J connectivity index is 1.71. The molecule has 1 amide bonds. The fraction of sp³-hybridized carbons (Fsp3) is 0.476. The van der Waals surface area contributed by atoms with E-state index in [1.807, 2.05) is 18.2 Å². The predicted octanol–water partition coefficient (Wildman–Crippen LogP) is 4.90. The average Bonchev–Trinajstić information content (AvgIpc) is 3.12. The number of nitrogens with one attached hydrogen (secondary N) is 1. The Hall–Kier alpha value is -1.49. The van der Waals surface area contributed by atoms with E-state index in [0.29, 0.717) is 16.6 Å². The normalized spacial score (nSPS) is 16.9. The molecule has 6 heteroatoms. The highest BCUT2D eigenvalue weighted by Crippen LogP contribution is 2.35. The van der Waals surface area contributed by atoms with Crippen LogP contribution < -0.4 is 5.32 Å². The van der Waals surface area contributed by atoms with E-state index in [1.165, 1.54) is 25.0 Å². The number of nitrogens with zero attached hydrogens (tertiary/aromatic N) is 2. The predicted molar refractivity (Wildman–Crippen MR) is 111 cm³/mol. The number of halogens is 2. The lowest BCUT2D eigenvalue weighted by Gasteiger charge is -2.37. The highest BCUT2D eigenvalue weighted by atomic mass is 35.5. The molecule has 0 saturated carbocycles. The van der Waals surface area contributed by atoms with Gasteiger partial charge in [-0.05, 0) is 36.2 Å². The molecule has 1 N–H and O–H groups in total. The van der Waals surface area contributed by atoms with Crippen LogP contribution in [0.15, 0.2) is 36.5 Å². The SMILES string of the molecule is CCCCCCNC(=O)CN1CCn2cccc2C1c1ccc(Cl)c(Cl)c1. The van der Waals surface area contributed by atoms with Crippen LogP contribution in [-0.2, 0) is 11.3 Å². The molecule has 1 aromatic heterocycles. The van der Waals surface area contributed by atoms with Crippen molar-refractivity contribution in [2.24, 2.45) is 0 Å². The Morgan fingerprint density at radius 2 is 2.00 bits per heavy atom. The number of amides is 1. The van der Waals surface area contributed by atoms with Gasteiger partial charge in [-0.3, -0.25) is 9.69 Å². The third-order valence-corrected chi connectivity index (χ3v) is 5.84. The number of hydrogen-bond donors (Lipinski definition) is 1. The Kier molecular flexibility index (Phi) is 7.22. The van der Waals surface area contributed by atoms with Gasteiger partial charge < -0.3 is 9.88 Å². The van der Waals surface area contributed by atoms with Gasteiger partial charge >= 0.3 is 0 Å². The molecular formula is C21H27Cl2N3O. The minimum Gasteiger partial charge on any atom is -0.355 e. The monoisotopic (exact) mass is 407 g/mol. The number of aromatic nitrogens is 1. The summed E-state index contributed by atoms with van der Waals surface area (Å²) in [6, 6.07) is 9.89. The molecule has 2 heterocycles. The van der Waals surface area contributed by atoms with Crippen molar-refractivity contribution in [2.75, 3.05) is 19.6 Å². The highest BCUT2D eigenvalue weighted by Gasteiger charge is 2.30. The van der Waals surface area contributed by atoms with E-state index in [4.69, 9.17) is 23.2 Å². The smallest absolute Gasteiger partial charge is 0.234 e. The number of unbranched alkanes of at least 4 members (excludes halogenated alkanes) is 3. The molecule has 1 atom stereocenters. The summed E-state index contributed by atoms with van der Waals surface area (Å²) in [4.78, 5) is 14.7. The summed E-state index contributed by atoms with van der Waals surface area (Å²) in [6.45, 7) is 5.01. The van der Waals surface area contributed by atoms with Crippen molar-refractivity contribution in [3.8, 4) is 0 Å². The van der Waals surface area contributed by atoms with E-state index in [9.17, 15) is 4.79 Å². The number of carbonyl (C=O) groups excluding carboxylic acids is 1. The minimum absolute atomic E-state index is 0.00522. The van der Waals surface area contributed by atoms with Gasteiger partial charge in [0.05, 0.1) is 22.6 Å².